The first kappa shape index (κ1) is 13.1. The summed E-state index contributed by atoms with van der Waals surface area (Å²) in [7, 11) is 0. The Morgan fingerprint density at radius 3 is 2.65 bits per heavy atom. The van der Waals surface area contributed by atoms with Gasteiger partial charge in [0.1, 0.15) is 0 Å². The maximum absolute atomic E-state index is 12.4. The van der Waals surface area contributed by atoms with Gasteiger partial charge in [0, 0.05) is 5.69 Å². The summed E-state index contributed by atoms with van der Waals surface area (Å²) in [6.07, 6.45) is -4.39. The first-order chi connectivity index (χ1) is 7.84. The van der Waals surface area contributed by atoms with Crippen molar-refractivity contribution in [1.29, 1.82) is 0 Å². The molecule has 4 nitrogen and oxygen atoms in total. The molecule has 0 amide bonds. The van der Waals surface area contributed by atoms with Gasteiger partial charge in [-0.3, -0.25) is 0 Å². The van der Waals surface area contributed by atoms with Gasteiger partial charge in [-0.05, 0) is 24.6 Å². The van der Waals surface area contributed by atoms with E-state index in [0.29, 0.717) is 11.3 Å². The van der Waals surface area contributed by atoms with E-state index in [1.165, 1.54) is 6.07 Å². The van der Waals surface area contributed by atoms with E-state index in [9.17, 15) is 13.2 Å². The molecule has 7 heteroatoms. The van der Waals surface area contributed by atoms with Crippen molar-refractivity contribution in [3.05, 3.63) is 29.3 Å². The quantitative estimate of drug-likeness (QED) is 0.332. The Morgan fingerprint density at radius 2 is 2.12 bits per heavy atom. The standard InChI is InChI=1S/C10H12F3N3O/c1-6-2-3-7(10(11,12)13)4-8(6)15-5-9(14)16-17/h2-4,15,17H,5H2,1H3,(H2,14,16). The van der Waals surface area contributed by atoms with E-state index < -0.39 is 11.7 Å². The van der Waals surface area contributed by atoms with Gasteiger partial charge in [-0.2, -0.15) is 13.2 Å². The highest BCUT2D eigenvalue weighted by atomic mass is 19.4. The van der Waals surface area contributed by atoms with Crippen LogP contribution in [0.4, 0.5) is 18.9 Å². The monoisotopic (exact) mass is 247 g/mol. The Bertz CT molecular complexity index is 429. The third kappa shape index (κ3) is 3.54. The molecule has 0 fully saturated rings. The first-order valence-corrected chi connectivity index (χ1v) is 4.72. The van der Waals surface area contributed by atoms with Crippen molar-refractivity contribution in [3.63, 3.8) is 0 Å². The number of nitrogens with one attached hydrogen (secondary N) is 1. The van der Waals surface area contributed by atoms with Crippen molar-refractivity contribution in [3.8, 4) is 0 Å². The number of hydrogen-bond donors (Lipinski definition) is 3. The van der Waals surface area contributed by atoms with Crippen LogP contribution < -0.4 is 11.1 Å². The predicted molar refractivity (Wildman–Crippen MR) is 58.1 cm³/mol. The first-order valence-electron chi connectivity index (χ1n) is 4.72. The summed E-state index contributed by atoms with van der Waals surface area (Å²) in [5, 5.41) is 13.7. The summed E-state index contributed by atoms with van der Waals surface area (Å²) in [6, 6.07) is 3.35. The molecule has 0 aliphatic carbocycles. The number of benzene rings is 1. The smallest absolute Gasteiger partial charge is 0.409 e. The number of oxime groups is 1. The van der Waals surface area contributed by atoms with Crippen LogP contribution in [-0.4, -0.2) is 17.6 Å². The predicted octanol–water partition coefficient (Wildman–Crippen LogP) is 2.17. The fraction of sp³-hybridized carbons (Fsp3) is 0.300. The molecule has 0 heterocycles. The van der Waals surface area contributed by atoms with E-state index in [1.807, 2.05) is 0 Å². The molecular formula is C10H12F3N3O. The third-order valence-corrected chi connectivity index (χ3v) is 2.15. The molecule has 0 saturated heterocycles. The number of rotatable bonds is 3. The Hall–Kier alpha value is -1.92. The lowest BCUT2D eigenvalue weighted by Crippen LogP contribution is -2.23. The average Bonchev–Trinajstić information content (AvgIpc) is 2.26. The SMILES string of the molecule is Cc1ccc(C(F)(F)F)cc1NCC(N)=NO. The molecule has 17 heavy (non-hydrogen) atoms. The van der Waals surface area contributed by atoms with Gasteiger partial charge in [-0.25, -0.2) is 0 Å². The second kappa shape index (κ2) is 4.94. The highest BCUT2D eigenvalue weighted by molar-refractivity contribution is 5.84. The van der Waals surface area contributed by atoms with Crippen LogP contribution in [0, 0.1) is 6.92 Å². The highest BCUT2D eigenvalue weighted by Crippen LogP contribution is 2.31. The molecule has 94 valence electrons. The van der Waals surface area contributed by atoms with E-state index >= 15 is 0 Å². The molecular weight excluding hydrogens is 235 g/mol. The molecule has 0 unspecified atom stereocenters. The molecule has 0 aliphatic rings. The molecule has 0 spiro atoms. The Kier molecular flexibility index (Phi) is 3.82. The van der Waals surface area contributed by atoms with Gasteiger partial charge < -0.3 is 16.3 Å². The van der Waals surface area contributed by atoms with Gasteiger partial charge in [0.2, 0.25) is 0 Å². The van der Waals surface area contributed by atoms with Crippen molar-refractivity contribution in [2.24, 2.45) is 10.9 Å². The van der Waals surface area contributed by atoms with Crippen LogP contribution in [0.5, 0.6) is 0 Å². The van der Waals surface area contributed by atoms with E-state index in [-0.39, 0.29) is 12.4 Å². The molecule has 4 N–H and O–H groups in total. The highest BCUT2D eigenvalue weighted by Gasteiger charge is 2.30. The maximum atomic E-state index is 12.4. The molecule has 0 aromatic heterocycles. The van der Waals surface area contributed by atoms with E-state index in [1.54, 1.807) is 6.92 Å². The van der Waals surface area contributed by atoms with Crippen LogP contribution in [0.3, 0.4) is 0 Å². The second-order valence-corrected chi connectivity index (χ2v) is 3.47. The van der Waals surface area contributed by atoms with Crippen molar-refractivity contribution < 1.29 is 18.4 Å². The fourth-order valence-corrected chi connectivity index (χ4v) is 1.21. The van der Waals surface area contributed by atoms with Crippen LogP contribution in [-0.2, 0) is 6.18 Å². The number of anilines is 1. The number of hydrogen-bond acceptors (Lipinski definition) is 3. The van der Waals surface area contributed by atoms with Crippen LogP contribution in [0.2, 0.25) is 0 Å². The molecule has 0 bridgehead atoms. The summed E-state index contributed by atoms with van der Waals surface area (Å²) in [6.45, 7) is 1.63. The minimum Gasteiger partial charge on any atom is -0.409 e. The topological polar surface area (TPSA) is 70.6 Å². The number of nitrogens with zero attached hydrogens (tertiary/aromatic N) is 1. The summed E-state index contributed by atoms with van der Waals surface area (Å²) in [5.41, 5.74) is 5.40. The van der Waals surface area contributed by atoms with Crippen LogP contribution >= 0.6 is 0 Å². The number of aryl methyl sites for hydroxylation is 1. The Labute approximate surface area is 95.9 Å². The fourth-order valence-electron chi connectivity index (χ4n) is 1.21. The van der Waals surface area contributed by atoms with E-state index in [4.69, 9.17) is 10.9 Å². The second-order valence-electron chi connectivity index (χ2n) is 3.47. The van der Waals surface area contributed by atoms with Crippen molar-refractivity contribution >= 4 is 11.5 Å². The van der Waals surface area contributed by atoms with E-state index in [0.717, 1.165) is 12.1 Å². The lowest BCUT2D eigenvalue weighted by atomic mass is 10.1. The number of nitrogens with two attached hydrogens (primary N) is 1. The Balaban J connectivity index is 2.91. The van der Waals surface area contributed by atoms with Gasteiger partial charge in [0.15, 0.2) is 5.84 Å². The molecule has 0 atom stereocenters. The molecule has 1 aromatic rings. The number of amidine groups is 1. The minimum atomic E-state index is -4.39. The van der Waals surface area contributed by atoms with Crippen molar-refractivity contribution in [1.82, 2.24) is 0 Å². The van der Waals surface area contributed by atoms with Crippen LogP contribution in [0.1, 0.15) is 11.1 Å². The van der Waals surface area contributed by atoms with E-state index in [2.05, 4.69) is 10.5 Å². The molecule has 1 aromatic carbocycles. The molecule has 0 aliphatic heterocycles. The number of halogens is 3. The van der Waals surface area contributed by atoms with Gasteiger partial charge in [-0.1, -0.05) is 11.2 Å². The number of alkyl halides is 3. The molecule has 0 radical (unpaired) electrons. The summed E-state index contributed by atoms with van der Waals surface area (Å²) in [4.78, 5) is 0. The van der Waals surface area contributed by atoms with Gasteiger partial charge in [0.25, 0.3) is 0 Å². The third-order valence-electron chi connectivity index (χ3n) is 2.15. The lowest BCUT2D eigenvalue weighted by molar-refractivity contribution is -0.137. The molecule has 0 saturated carbocycles. The summed E-state index contributed by atoms with van der Waals surface area (Å²) in [5.74, 6) is -0.109. The summed E-state index contributed by atoms with van der Waals surface area (Å²) < 4.78 is 37.3. The largest absolute Gasteiger partial charge is 0.416 e. The van der Waals surface area contributed by atoms with Crippen molar-refractivity contribution in [2.45, 2.75) is 13.1 Å². The van der Waals surface area contributed by atoms with Gasteiger partial charge >= 0.3 is 6.18 Å². The average molecular weight is 247 g/mol. The maximum Gasteiger partial charge on any atom is 0.416 e. The summed E-state index contributed by atoms with van der Waals surface area (Å²) >= 11 is 0. The van der Waals surface area contributed by atoms with Crippen LogP contribution in [0.15, 0.2) is 23.4 Å². The zero-order valence-corrected chi connectivity index (χ0v) is 9.04. The normalized spacial score (nSPS) is 12.6. The zero-order chi connectivity index (χ0) is 13.1. The lowest BCUT2D eigenvalue weighted by Gasteiger charge is -2.12. The van der Waals surface area contributed by atoms with Gasteiger partial charge in [-0.15, -0.1) is 0 Å². The van der Waals surface area contributed by atoms with Gasteiger partial charge in [0.05, 0.1) is 12.1 Å². The minimum absolute atomic E-state index is 0.0291. The van der Waals surface area contributed by atoms with Crippen molar-refractivity contribution in [2.75, 3.05) is 11.9 Å². The zero-order valence-electron chi connectivity index (χ0n) is 9.04. The Morgan fingerprint density at radius 1 is 1.47 bits per heavy atom. The van der Waals surface area contributed by atoms with Crippen LogP contribution in [0.25, 0.3) is 0 Å². The molecule has 1 rings (SSSR count).